The topological polar surface area (TPSA) is 137 Å². The van der Waals surface area contributed by atoms with E-state index < -0.39 is 35.6 Å². The Morgan fingerprint density at radius 2 is 1.75 bits per heavy atom. The van der Waals surface area contributed by atoms with Crippen molar-refractivity contribution in [3.63, 3.8) is 0 Å². The molecule has 4 rings (SSSR count). The molecule has 0 radical (unpaired) electrons. The highest BCUT2D eigenvalue weighted by molar-refractivity contribution is 6.00. The normalized spacial score (nSPS) is 18.0. The fourth-order valence-corrected chi connectivity index (χ4v) is 5.82. The van der Waals surface area contributed by atoms with Crippen molar-refractivity contribution >= 4 is 29.3 Å². The molecule has 1 saturated heterocycles. The minimum absolute atomic E-state index is 0.0275. The van der Waals surface area contributed by atoms with Gasteiger partial charge in [0.05, 0.1) is 5.69 Å². The van der Waals surface area contributed by atoms with Gasteiger partial charge in [-0.15, -0.1) is 0 Å². The highest BCUT2D eigenvalue weighted by atomic mass is 19.1. The molecule has 3 atom stereocenters. The van der Waals surface area contributed by atoms with Gasteiger partial charge in [0.15, 0.2) is 0 Å². The Labute approximate surface area is 258 Å². The standard InChI is InChI=1S/C32H46FN7O4/c1-5-27(41)37-28(31(43)34-19-21-8-7-9-21)20(3)23-10-11-25(24(33)18-23)36-32(44)29(22-13-16-39(4)17-14-22)38-30(42)26-12-15-35-40(26)6-2/h10-12,15,18,20-22,28-29H,5-9,13-14,16-17,19H2,1-4H3,(H,34,43)(H,36,44)(H,37,41)(H,38,42)/t20-,28+,29-/m0/s1. The molecule has 2 fully saturated rings. The van der Waals surface area contributed by atoms with E-state index in [-0.39, 0.29) is 29.8 Å². The molecule has 240 valence electrons. The van der Waals surface area contributed by atoms with Crippen molar-refractivity contribution in [3.8, 4) is 0 Å². The quantitative estimate of drug-likeness (QED) is 0.275. The summed E-state index contributed by atoms with van der Waals surface area (Å²) < 4.78 is 17.1. The summed E-state index contributed by atoms with van der Waals surface area (Å²) >= 11 is 0. The number of likely N-dealkylation sites (tertiary alicyclic amines) is 1. The van der Waals surface area contributed by atoms with Crippen LogP contribution in [0.4, 0.5) is 10.1 Å². The summed E-state index contributed by atoms with van der Waals surface area (Å²) in [6, 6.07) is 4.25. The molecule has 4 N–H and O–H groups in total. The van der Waals surface area contributed by atoms with Crippen molar-refractivity contribution in [2.24, 2.45) is 11.8 Å². The Morgan fingerprint density at radius 1 is 1.02 bits per heavy atom. The maximum Gasteiger partial charge on any atom is 0.270 e. The number of aryl methyl sites for hydroxylation is 1. The molecule has 0 unspecified atom stereocenters. The van der Waals surface area contributed by atoms with Crippen molar-refractivity contribution in [2.45, 2.75) is 83.8 Å². The lowest BCUT2D eigenvalue weighted by Crippen LogP contribution is -2.51. The number of carbonyl (C=O) groups excluding carboxylic acids is 4. The minimum atomic E-state index is -0.873. The van der Waals surface area contributed by atoms with Gasteiger partial charge in [0.25, 0.3) is 5.91 Å². The van der Waals surface area contributed by atoms with E-state index in [1.165, 1.54) is 18.3 Å². The van der Waals surface area contributed by atoms with Crippen LogP contribution in [0.25, 0.3) is 0 Å². The Balaban J connectivity index is 1.49. The zero-order valence-corrected chi connectivity index (χ0v) is 26.2. The monoisotopic (exact) mass is 611 g/mol. The van der Waals surface area contributed by atoms with Crippen LogP contribution in [-0.4, -0.2) is 77.1 Å². The van der Waals surface area contributed by atoms with Crippen LogP contribution in [0.15, 0.2) is 30.5 Å². The van der Waals surface area contributed by atoms with Gasteiger partial charge in [-0.25, -0.2) is 4.39 Å². The van der Waals surface area contributed by atoms with Crippen LogP contribution < -0.4 is 21.3 Å². The van der Waals surface area contributed by atoms with Crippen LogP contribution in [-0.2, 0) is 20.9 Å². The number of rotatable bonds is 13. The number of amides is 4. The molecular formula is C32H46FN7O4. The number of nitrogens with zero attached hydrogens (tertiary/aromatic N) is 3. The van der Waals surface area contributed by atoms with Crippen molar-refractivity contribution in [2.75, 3.05) is 32.0 Å². The smallest absolute Gasteiger partial charge is 0.270 e. The molecule has 44 heavy (non-hydrogen) atoms. The number of hydrogen-bond acceptors (Lipinski definition) is 6. The van der Waals surface area contributed by atoms with Crippen LogP contribution in [0.1, 0.15) is 81.3 Å². The Morgan fingerprint density at radius 3 is 2.36 bits per heavy atom. The Bertz CT molecular complexity index is 1320. The molecule has 2 heterocycles. The summed E-state index contributed by atoms with van der Waals surface area (Å²) in [6.07, 6.45) is 6.47. The summed E-state index contributed by atoms with van der Waals surface area (Å²) in [6.45, 7) is 7.97. The lowest BCUT2D eigenvalue weighted by atomic mass is 9.85. The predicted molar refractivity (Wildman–Crippen MR) is 165 cm³/mol. The van der Waals surface area contributed by atoms with Gasteiger partial charge in [0.2, 0.25) is 17.7 Å². The molecule has 0 spiro atoms. The van der Waals surface area contributed by atoms with Crippen LogP contribution in [0.5, 0.6) is 0 Å². The first-order valence-corrected chi connectivity index (χ1v) is 15.8. The fourth-order valence-electron chi connectivity index (χ4n) is 5.82. The molecule has 1 aliphatic heterocycles. The zero-order valence-electron chi connectivity index (χ0n) is 26.2. The second-order valence-electron chi connectivity index (χ2n) is 12.1. The average molecular weight is 612 g/mol. The number of halogens is 1. The molecule has 2 aromatic rings. The highest BCUT2D eigenvalue weighted by Gasteiger charge is 2.34. The van der Waals surface area contributed by atoms with Gasteiger partial charge in [-0.1, -0.05) is 26.3 Å². The number of benzene rings is 1. The van der Waals surface area contributed by atoms with Gasteiger partial charge >= 0.3 is 0 Å². The molecular weight excluding hydrogens is 565 g/mol. The molecule has 2 aliphatic rings. The van der Waals surface area contributed by atoms with E-state index in [4.69, 9.17) is 0 Å². The largest absolute Gasteiger partial charge is 0.354 e. The van der Waals surface area contributed by atoms with Crippen LogP contribution >= 0.6 is 0 Å². The molecule has 0 bridgehead atoms. The van der Waals surface area contributed by atoms with E-state index >= 15 is 4.39 Å². The number of carbonyl (C=O) groups is 4. The fraction of sp³-hybridized carbons (Fsp3) is 0.594. The summed E-state index contributed by atoms with van der Waals surface area (Å²) in [5.41, 5.74) is 0.832. The number of nitrogens with one attached hydrogen (secondary N) is 4. The molecule has 12 heteroatoms. The molecule has 11 nitrogen and oxygen atoms in total. The summed E-state index contributed by atoms with van der Waals surface area (Å²) in [7, 11) is 2.01. The second kappa shape index (κ2) is 15.3. The first-order valence-electron chi connectivity index (χ1n) is 15.8. The number of piperidine rings is 1. The minimum Gasteiger partial charge on any atom is -0.354 e. The van der Waals surface area contributed by atoms with E-state index in [2.05, 4.69) is 31.3 Å². The molecule has 1 aromatic heterocycles. The summed E-state index contributed by atoms with van der Waals surface area (Å²) in [4.78, 5) is 54.3. The molecule has 1 aliphatic carbocycles. The van der Waals surface area contributed by atoms with Gasteiger partial charge in [-0.3, -0.25) is 23.9 Å². The predicted octanol–water partition coefficient (Wildman–Crippen LogP) is 3.04. The third-order valence-corrected chi connectivity index (χ3v) is 9.04. The van der Waals surface area contributed by atoms with Crippen molar-refractivity contribution in [1.82, 2.24) is 30.6 Å². The van der Waals surface area contributed by atoms with Crippen molar-refractivity contribution < 1.29 is 23.6 Å². The van der Waals surface area contributed by atoms with Crippen LogP contribution in [0, 0.1) is 17.7 Å². The zero-order chi connectivity index (χ0) is 31.8. The maximum atomic E-state index is 15.5. The van der Waals surface area contributed by atoms with E-state index in [0.29, 0.717) is 43.1 Å². The van der Waals surface area contributed by atoms with E-state index in [1.54, 1.807) is 30.7 Å². The van der Waals surface area contributed by atoms with Gasteiger partial charge in [0.1, 0.15) is 23.6 Å². The molecule has 1 aromatic carbocycles. The average Bonchev–Trinajstić information content (AvgIpc) is 3.48. The first-order chi connectivity index (χ1) is 21.1. The van der Waals surface area contributed by atoms with Gasteiger partial charge in [0, 0.05) is 31.6 Å². The van der Waals surface area contributed by atoms with E-state index in [9.17, 15) is 19.2 Å². The third-order valence-electron chi connectivity index (χ3n) is 9.04. The maximum absolute atomic E-state index is 15.5. The molecule has 1 saturated carbocycles. The summed E-state index contributed by atoms with van der Waals surface area (Å²) in [5.74, 6) is -2.36. The lowest BCUT2D eigenvalue weighted by molar-refractivity contribution is -0.129. The second-order valence-corrected chi connectivity index (χ2v) is 12.1. The number of anilines is 1. The number of aromatic nitrogens is 2. The van der Waals surface area contributed by atoms with Crippen LogP contribution in [0.3, 0.4) is 0 Å². The van der Waals surface area contributed by atoms with Crippen molar-refractivity contribution in [3.05, 3.63) is 47.5 Å². The van der Waals surface area contributed by atoms with E-state index in [0.717, 1.165) is 32.4 Å². The third kappa shape index (κ3) is 8.22. The van der Waals surface area contributed by atoms with Crippen molar-refractivity contribution in [1.29, 1.82) is 0 Å². The van der Waals surface area contributed by atoms with Gasteiger partial charge in [-0.2, -0.15) is 5.10 Å². The lowest BCUT2D eigenvalue weighted by Gasteiger charge is -2.34. The van der Waals surface area contributed by atoms with Gasteiger partial charge in [-0.05, 0) is 88.3 Å². The SMILES string of the molecule is CCC(=O)N[C@@H](C(=O)NCC1CCC1)[C@@H](C)c1ccc(NC(=O)[C@@H](NC(=O)c2ccnn2CC)C2CCN(C)CC2)c(F)c1. The number of hydrogen-bond donors (Lipinski definition) is 4. The first kappa shape index (κ1) is 33.1. The highest BCUT2D eigenvalue weighted by Crippen LogP contribution is 2.28. The van der Waals surface area contributed by atoms with E-state index in [1.807, 2.05) is 14.0 Å². The summed E-state index contributed by atoms with van der Waals surface area (Å²) in [5, 5.41) is 15.5. The van der Waals surface area contributed by atoms with Gasteiger partial charge < -0.3 is 26.2 Å². The Hall–Kier alpha value is -3.80. The molecule has 4 amide bonds. The Kier molecular flexibility index (Phi) is 11.5. The van der Waals surface area contributed by atoms with Crippen LogP contribution in [0.2, 0.25) is 0 Å².